The number of carbonyl (C=O) groups is 1. The summed E-state index contributed by atoms with van der Waals surface area (Å²) in [6, 6.07) is 3.73. The van der Waals surface area contributed by atoms with Gasteiger partial charge < -0.3 is 19.7 Å². The topological polar surface area (TPSA) is 121 Å². The minimum absolute atomic E-state index is 0.126. The molecule has 8 nitrogen and oxygen atoms in total. The summed E-state index contributed by atoms with van der Waals surface area (Å²) in [4.78, 5) is 20.2. The lowest BCUT2D eigenvalue weighted by atomic mass is 10.2. The normalized spacial score (nSPS) is 10.2. The number of carboxylic acid groups (broad SMARTS) is 1. The number of rotatable bonds is 2. The molecule has 0 aliphatic carbocycles. The second-order valence-corrected chi connectivity index (χ2v) is 2.88. The molecule has 0 saturated heterocycles. The van der Waals surface area contributed by atoms with Gasteiger partial charge in [0, 0.05) is 12.1 Å². The standard InChI is InChI=1S/C8H5N3O5/c12-8(13)9-7-5-3-4(11(14)15)1-2-6(5)16-10-7/h1-3H,(H,9,10)(H,12,13)/p-1. The summed E-state index contributed by atoms with van der Waals surface area (Å²) < 4.78 is 4.76. The highest BCUT2D eigenvalue weighted by molar-refractivity contribution is 5.95. The molecule has 0 atom stereocenters. The van der Waals surface area contributed by atoms with Gasteiger partial charge in [0.2, 0.25) is 0 Å². The van der Waals surface area contributed by atoms with Gasteiger partial charge in [-0.2, -0.15) is 0 Å². The first kappa shape index (κ1) is 9.90. The number of nitrogens with zero attached hydrogens (tertiary/aromatic N) is 2. The summed E-state index contributed by atoms with van der Waals surface area (Å²) in [5.41, 5.74) is 0.0615. The number of anilines is 1. The van der Waals surface area contributed by atoms with Crippen LogP contribution in [0.25, 0.3) is 11.0 Å². The first-order valence-electron chi connectivity index (χ1n) is 4.10. The van der Waals surface area contributed by atoms with Crippen LogP contribution in [0, 0.1) is 10.1 Å². The Hall–Kier alpha value is -2.64. The van der Waals surface area contributed by atoms with Crippen molar-refractivity contribution in [3.63, 3.8) is 0 Å². The average Bonchev–Trinajstić information content (AvgIpc) is 2.60. The SMILES string of the molecule is O=C([O-])Nc1noc2ccc([N+](=O)[O-])cc12. The van der Waals surface area contributed by atoms with Gasteiger partial charge in [-0.1, -0.05) is 5.16 Å². The van der Waals surface area contributed by atoms with Crippen LogP contribution in [0.2, 0.25) is 0 Å². The van der Waals surface area contributed by atoms with E-state index in [-0.39, 0.29) is 22.5 Å². The first-order valence-corrected chi connectivity index (χ1v) is 4.10. The Morgan fingerprint density at radius 1 is 1.50 bits per heavy atom. The highest BCUT2D eigenvalue weighted by atomic mass is 16.6. The zero-order valence-corrected chi connectivity index (χ0v) is 7.67. The fraction of sp³-hybridized carbons (Fsp3) is 0. The average molecular weight is 222 g/mol. The molecule has 82 valence electrons. The fourth-order valence-electron chi connectivity index (χ4n) is 1.23. The van der Waals surface area contributed by atoms with Crippen molar-refractivity contribution in [3.8, 4) is 0 Å². The molecule has 8 heteroatoms. The van der Waals surface area contributed by atoms with Crippen LogP contribution >= 0.6 is 0 Å². The van der Waals surface area contributed by atoms with E-state index in [2.05, 4.69) is 5.16 Å². The van der Waals surface area contributed by atoms with Crippen molar-refractivity contribution in [2.75, 3.05) is 5.32 Å². The Bertz CT molecular complexity index is 576. The van der Waals surface area contributed by atoms with Crippen LogP contribution in [0.15, 0.2) is 22.7 Å². The van der Waals surface area contributed by atoms with Crippen molar-refractivity contribution < 1.29 is 19.3 Å². The lowest BCUT2D eigenvalue weighted by molar-refractivity contribution is -0.384. The van der Waals surface area contributed by atoms with Crippen LogP contribution in [0.1, 0.15) is 0 Å². The molecule has 1 heterocycles. The minimum Gasteiger partial charge on any atom is -0.530 e. The molecule has 0 aliphatic heterocycles. The molecule has 0 fully saturated rings. The Balaban J connectivity index is 2.55. The number of hydrogen-bond donors (Lipinski definition) is 1. The molecule has 0 aliphatic rings. The van der Waals surface area contributed by atoms with Crippen LogP contribution in [-0.4, -0.2) is 16.2 Å². The molecule has 0 spiro atoms. The molecule has 0 radical (unpaired) electrons. The third-order valence-corrected chi connectivity index (χ3v) is 1.88. The monoisotopic (exact) mass is 222 g/mol. The van der Waals surface area contributed by atoms with Crippen LogP contribution in [0.4, 0.5) is 16.3 Å². The number of amides is 1. The van der Waals surface area contributed by atoms with E-state index in [9.17, 15) is 20.0 Å². The van der Waals surface area contributed by atoms with E-state index in [1.54, 1.807) is 0 Å². The van der Waals surface area contributed by atoms with Gasteiger partial charge in [0.05, 0.1) is 10.3 Å². The van der Waals surface area contributed by atoms with Gasteiger partial charge in [0.25, 0.3) is 5.69 Å². The number of carbonyl (C=O) groups excluding carboxylic acids is 1. The van der Waals surface area contributed by atoms with Gasteiger partial charge in [-0.05, 0) is 6.07 Å². The second kappa shape index (κ2) is 3.50. The highest BCUT2D eigenvalue weighted by Gasteiger charge is 2.13. The molecule has 0 unspecified atom stereocenters. The van der Waals surface area contributed by atoms with Gasteiger partial charge in [-0.15, -0.1) is 0 Å². The van der Waals surface area contributed by atoms with Gasteiger partial charge >= 0.3 is 0 Å². The lowest BCUT2D eigenvalue weighted by Gasteiger charge is -2.00. The summed E-state index contributed by atoms with van der Waals surface area (Å²) in [5.74, 6) is -0.126. The number of hydrogen-bond acceptors (Lipinski definition) is 6. The molecular formula is C8H4N3O5-. The second-order valence-electron chi connectivity index (χ2n) is 2.88. The fourth-order valence-corrected chi connectivity index (χ4v) is 1.23. The van der Waals surface area contributed by atoms with E-state index >= 15 is 0 Å². The van der Waals surface area contributed by atoms with Crippen molar-refractivity contribution in [1.29, 1.82) is 0 Å². The number of nitro benzene ring substituents is 1. The zero-order chi connectivity index (χ0) is 11.7. The minimum atomic E-state index is -1.57. The Morgan fingerprint density at radius 2 is 2.25 bits per heavy atom. The van der Waals surface area contributed by atoms with Crippen LogP contribution in [-0.2, 0) is 0 Å². The smallest absolute Gasteiger partial charge is 0.270 e. The summed E-state index contributed by atoms with van der Waals surface area (Å²) >= 11 is 0. The Labute approximate surface area is 87.6 Å². The number of fused-ring (bicyclic) bond motifs is 1. The number of aromatic nitrogens is 1. The van der Waals surface area contributed by atoms with E-state index in [1.165, 1.54) is 12.1 Å². The predicted octanol–water partition coefficient (Wildman–Crippen LogP) is 0.491. The van der Waals surface area contributed by atoms with Crippen molar-refractivity contribution in [3.05, 3.63) is 28.3 Å². The van der Waals surface area contributed by atoms with E-state index in [4.69, 9.17) is 4.52 Å². The summed E-state index contributed by atoms with van der Waals surface area (Å²) in [6.07, 6.45) is -1.57. The summed E-state index contributed by atoms with van der Waals surface area (Å²) in [5, 5.41) is 26.3. The number of nitrogens with one attached hydrogen (secondary N) is 1. The molecule has 1 amide bonds. The summed E-state index contributed by atoms with van der Waals surface area (Å²) in [6.45, 7) is 0. The first-order chi connectivity index (χ1) is 7.58. The Morgan fingerprint density at radius 3 is 2.88 bits per heavy atom. The maximum atomic E-state index is 10.5. The lowest BCUT2D eigenvalue weighted by Crippen LogP contribution is -2.28. The molecule has 1 N–H and O–H groups in total. The van der Waals surface area contributed by atoms with E-state index < -0.39 is 11.0 Å². The third kappa shape index (κ3) is 1.63. The third-order valence-electron chi connectivity index (χ3n) is 1.88. The Kier molecular flexibility index (Phi) is 2.16. The van der Waals surface area contributed by atoms with E-state index in [0.717, 1.165) is 6.07 Å². The van der Waals surface area contributed by atoms with E-state index in [0.29, 0.717) is 0 Å². The van der Waals surface area contributed by atoms with Crippen molar-refractivity contribution in [2.45, 2.75) is 0 Å². The van der Waals surface area contributed by atoms with Gasteiger partial charge in [0.15, 0.2) is 11.4 Å². The number of non-ortho nitro benzene ring substituents is 1. The molecule has 2 rings (SSSR count). The van der Waals surface area contributed by atoms with Crippen LogP contribution in [0.3, 0.4) is 0 Å². The van der Waals surface area contributed by atoms with Gasteiger partial charge in [-0.25, -0.2) is 0 Å². The zero-order valence-electron chi connectivity index (χ0n) is 7.67. The molecule has 1 aromatic carbocycles. The molecule has 1 aromatic heterocycles. The van der Waals surface area contributed by atoms with Crippen LogP contribution < -0.4 is 10.4 Å². The quantitative estimate of drug-likeness (QED) is 0.582. The van der Waals surface area contributed by atoms with Crippen LogP contribution in [0.5, 0.6) is 0 Å². The van der Waals surface area contributed by atoms with Gasteiger partial charge in [0.1, 0.15) is 6.09 Å². The van der Waals surface area contributed by atoms with Crippen molar-refractivity contribution in [2.24, 2.45) is 0 Å². The molecule has 0 saturated carbocycles. The molecule has 0 bridgehead atoms. The molecule has 16 heavy (non-hydrogen) atoms. The number of nitro groups is 1. The highest BCUT2D eigenvalue weighted by Crippen LogP contribution is 2.26. The predicted molar refractivity (Wildman–Crippen MR) is 49.7 cm³/mol. The van der Waals surface area contributed by atoms with Gasteiger partial charge in [-0.3, -0.25) is 10.1 Å². The summed E-state index contributed by atoms with van der Waals surface area (Å²) in [7, 11) is 0. The number of benzene rings is 1. The van der Waals surface area contributed by atoms with E-state index in [1.807, 2.05) is 5.32 Å². The molecular weight excluding hydrogens is 218 g/mol. The van der Waals surface area contributed by atoms with Crippen molar-refractivity contribution in [1.82, 2.24) is 5.16 Å². The molecule has 2 aromatic rings. The maximum Gasteiger partial charge on any atom is 0.270 e. The van der Waals surface area contributed by atoms with Crippen molar-refractivity contribution >= 4 is 28.6 Å². The largest absolute Gasteiger partial charge is 0.530 e. The maximum absolute atomic E-state index is 10.5.